The van der Waals surface area contributed by atoms with E-state index in [1.807, 2.05) is 0 Å². The smallest absolute Gasteiger partial charge is 0.0448 e. The molecule has 5 rings (SSSR count). The van der Waals surface area contributed by atoms with Crippen LogP contribution in [0.3, 0.4) is 0 Å². The summed E-state index contributed by atoms with van der Waals surface area (Å²) in [6.07, 6.45) is 0. The molecule has 0 atom stereocenters. The van der Waals surface area contributed by atoms with Gasteiger partial charge in [-0.15, -0.1) is 0 Å². The first-order valence-electron chi connectivity index (χ1n) is 12.1. The van der Waals surface area contributed by atoms with E-state index in [0.29, 0.717) is 0 Å². The van der Waals surface area contributed by atoms with Crippen molar-refractivity contribution in [2.45, 2.75) is 40.8 Å². The monoisotopic (exact) mass is 446 g/mol. The molecule has 1 aliphatic heterocycles. The molecule has 4 aromatic rings. The molecule has 172 valence electrons. The van der Waals surface area contributed by atoms with Crippen molar-refractivity contribution in [1.29, 1.82) is 0 Å². The van der Waals surface area contributed by atoms with Crippen LogP contribution in [-0.4, -0.2) is 14.1 Å². The highest BCUT2D eigenvalue weighted by Gasteiger charge is 2.17. The number of rotatable bonds is 0. The molecule has 2 heteroatoms. The molecule has 0 N–H and O–H groups in total. The second-order valence-corrected chi connectivity index (χ2v) is 10.0. The van der Waals surface area contributed by atoms with E-state index in [4.69, 9.17) is 0 Å². The van der Waals surface area contributed by atoms with Crippen LogP contribution in [0.15, 0.2) is 72.8 Å². The van der Waals surface area contributed by atoms with E-state index in [1.165, 1.54) is 67.0 Å². The number of hydrogen-bond donors (Lipinski definition) is 0. The zero-order valence-corrected chi connectivity index (χ0v) is 21.2. The van der Waals surface area contributed by atoms with E-state index in [1.54, 1.807) is 0 Å². The van der Waals surface area contributed by atoms with Gasteiger partial charge in [-0.05, 0) is 96.5 Å². The van der Waals surface area contributed by atoms with Gasteiger partial charge in [-0.2, -0.15) is 0 Å². The summed E-state index contributed by atoms with van der Waals surface area (Å²) in [5.74, 6) is 0. The van der Waals surface area contributed by atoms with Crippen LogP contribution in [0.5, 0.6) is 0 Å². The molecule has 0 unspecified atom stereocenters. The van der Waals surface area contributed by atoms with Crippen LogP contribution in [0.25, 0.3) is 22.3 Å². The number of nitrogens with zero attached hydrogens (tertiary/aromatic N) is 2. The predicted molar refractivity (Wildman–Crippen MR) is 147 cm³/mol. The fourth-order valence-electron chi connectivity index (χ4n) is 5.10. The minimum absolute atomic E-state index is 0.867. The van der Waals surface area contributed by atoms with Gasteiger partial charge in [-0.1, -0.05) is 48.5 Å². The molecule has 0 saturated carbocycles. The van der Waals surface area contributed by atoms with Crippen LogP contribution in [0.2, 0.25) is 0 Å². The molecule has 0 fully saturated rings. The fourth-order valence-corrected chi connectivity index (χ4v) is 5.10. The summed E-state index contributed by atoms with van der Waals surface area (Å²) < 4.78 is 0. The summed E-state index contributed by atoms with van der Waals surface area (Å²) in [6.45, 7) is 10.5. The Bertz CT molecular complexity index is 1280. The molecule has 1 heterocycles. The van der Waals surface area contributed by atoms with Crippen LogP contribution in [0.1, 0.15) is 33.4 Å². The van der Waals surface area contributed by atoms with Crippen LogP contribution in [0.4, 0.5) is 11.4 Å². The van der Waals surface area contributed by atoms with Crippen LogP contribution in [-0.2, 0) is 13.1 Å². The maximum Gasteiger partial charge on any atom is 0.0448 e. The highest BCUT2D eigenvalue weighted by molar-refractivity contribution is 5.82. The highest BCUT2D eigenvalue weighted by atomic mass is 15.1. The molecule has 0 saturated heterocycles. The largest absolute Gasteiger partial charge is 0.370 e. The first-order chi connectivity index (χ1) is 16.3. The molecule has 4 aromatic carbocycles. The second kappa shape index (κ2) is 8.68. The minimum Gasteiger partial charge on any atom is -0.370 e. The Morgan fingerprint density at radius 3 is 1.32 bits per heavy atom. The number of aryl methyl sites for hydroxylation is 4. The standard InChI is InChI=1S/C32H34N2/c1-21-7-13-29-25-11-9-24(4)28(17-25)20-34(6)32-16-22(2)8-14-30(32)26-12-10-23(3)27(18-26)19-33(5)31(29)15-21/h7-18H,19-20H2,1-6H3. The molecule has 0 amide bonds. The zero-order chi connectivity index (χ0) is 24.0. The van der Waals surface area contributed by atoms with Gasteiger partial charge in [0.2, 0.25) is 0 Å². The zero-order valence-electron chi connectivity index (χ0n) is 21.2. The summed E-state index contributed by atoms with van der Waals surface area (Å²) in [5.41, 5.74) is 15.7. The number of benzene rings is 4. The maximum atomic E-state index is 2.40. The summed E-state index contributed by atoms with van der Waals surface area (Å²) >= 11 is 0. The lowest BCUT2D eigenvalue weighted by molar-refractivity contribution is 0.908. The molecule has 0 radical (unpaired) electrons. The Morgan fingerprint density at radius 2 is 0.912 bits per heavy atom. The lowest BCUT2D eigenvalue weighted by Crippen LogP contribution is -2.20. The highest BCUT2D eigenvalue weighted by Crippen LogP contribution is 2.37. The van der Waals surface area contributed by atoms with Crippen molar-refractivity contribution in [1.82, 2.24) is 0 Å². The summed E-state index contributed by atoms with van der Waals surface area (Å²) in [6, 6.07) is 27.6. The third-order valence-corrected chi connectivity index (χ3v) is 7.26. The van der Waals surface area contributed by atoms with E-state index in [0.717, 1.165) is 13.1 Å². The van der Waals surface area contributed by atoms with Crippen molar-refractivity contribution in [3.63, 3.8) is 0 Å². The molecule has 34 heavy (non-hydrogen) atoms. The minimum atomic E-state index is 0.867. The van der Waals surface area contributed by atoms with E-state index in [2.05, 4.69) is 124 Å². The van der Waals surface area contributed by atoms with E-state index >= 15 is 0 Å². The quantitative estimate of drug-likeness (QED) is 0.271. The third-order valence-electron chi connectivity index (χ3n) is 7.26. The van der Waals surface area contributed by atoms with E-state index < -0.39 is 0 Å². The van der Waals surface area contributed by atoms with Crippen LogP contribution < -0.4 is 9.80 Å². The molecular weight excluding hydrogens is 412 g/mol. The van der Waals surface area contributed by atoms with Gasteiger partial charge in [-0.3, -0.25) is 0 Å². The van der Waals surface area contributed by atoms with Gasteiger partial charge in [0.1, 0.15) is 0 Å². The Labute approximate surface area is 204 Å². The van der Waals surface area contributed by atoms with Gasteiger partial charge in [0.15, 0.2) is 0 Å². The predicted octanol–water partition coefficient (Wildman–Crippen LogP) is 7.84. The van der Waals surface area contributed by atoms with E-state index in [-0.39, 0.29) is 0 Å². The maximum absolute atomic E-state index is 2.40. The average molecular weight is 447 g/mol. The third kappa shape index (κ3) is 4.09. The lowest BCUT2D eigenvalue weighted by Gasteiger charge is -2.28. The Morgan fingerprint density at radius 1 is 0.500 bits per heavy atom. The molecule has 2 nitrogen and oxygen atoms in total. The summed E-state index contributed by atoms with van der Waals surface area (Å²) in [5, 5.41) is 0. The molecule has 0 aromatic heterocycles. The van der Waals surface area contributed by atoms with E-state index in [9.17, 15) is 0 Å². The number of hydrogen-bond acceptors (Lipinski definition) is 2. The molecule has 4 bridgehead atoms. The van der Waals surface area contributed by atoms with Crippen molar-refractivity contribution >= 4 is 11.4 Å². The molecular formula is C32H34N2. The van der Waals surface area contributed by atoms with Crippen molar-refractivity contribution in [2.24, 2.45) is 0 Å². The van der Waals surface area contributed by atoms with Crippen molar-refractivity contribution in [3.05, 3.63) is 106 Å². The second-order valence-electron chi connectivity index (χ2n) is 10.0. The van der Waals surface area contributed by atoms with Crippen LogP contribution in [0, 0.1) is 27.7 Å². The van der Waals surface area contributed by atoms with Gasteiger partial charge >= 0.3 is 0 Å². The first-order valence-corrected chi connectivity index (χ1v) is 12.1. The Balaban J connectivity index is 1.77. The van der Waals surface area contributed by atoms with Gasteiger partial charge in [-0.25, -0.2) is 0 Å². The van der Waals surface area contributed by atoms with Crippen molar-refractivity contribution in [3.8, 4) is 22.3 Å². The van der Waals surface area contributed by atoms with Gasteiger partial charge in [0.05, 0.1) is 0 Å². The Hall–Kier alpha value is -3.52. The number of anilines is 2. The summed E-state index contributed by atoms with van der Waals surface area (Å²) in [7, 11) is 4.44. The average Bonchev–Trinajstić information content (AvgIpc) is 2.81. The Kier molecular flexibility index (Phi) is 5.69. The molecule has 0 spiro atoms. The van der Waals surface area contributed by atoms with Crippen molar-refractivity contribution in [2.75, 3.05) is 23.9 Å². The number of fused-ring (bicyclic) bond motifs is 8. The lowest BCUT2D eigenvalue weighted by atomic mass is 9.94. The first kappa shape index (κ1) is 22.3. The van der Waals surface area contributed by atoms with Gasteiger partial charge in [0, 0.05) is 49.7 Å². The topological polar surface area (TPSA) is 6.48 Å². The SMILES string of the molecule is Cc1ccc2c(c1)N(C)Cc1cc(ccc1C)-c1ccc(C)cc1N(C)Cc1cc-2ccc1C. The molecule has 0 aliphatic carbocycles. The van der Waals surface area contributed by atoms with Gasteiger partial charge < -0.3 is 9.80 Å². The van der Waals surface area contributed by atoms with Crippen molar-refractivity contribution < 1.29 is 0 Å². The molecule has 1 aliphatic rings. The normalized spacial score (nSPS) is 13.2. The summed E-state index contributed by atoms with van der Waals surface area (Å²) in [4.78, 5) is 4.81. The van der Waals surface area contributed by atoms with Crippen LogP contribution >= 0.6 is 0 Å². The fraction of sp³-hybridized carbons (Fsp3) is 0.250. The van der Waals surface area contributed by atoms with Gasteiger partial charge in [0.25, 0.3) is 0 Å².